The van der Waals surface area contributed by atoms with Crippen molar-refractivity contribution in [2.75, 3.05) is 0 Å². The van der Waals surface area contributed by atoms with Crippen LogP contribution in [0.5, 0.6) is 0 Å². The van der Waals surface area contributed by atoms with Gasteiger partial charge in [0.1, 0.15) is 0 Å². The van der Waals surface area contributed by atoms with Crippen molar-refractivity contribution < 1.29 is 124 Å². The number of hydrogen-bond donors (Lipinski definition) is 4. The van der Waals surface area contributed by atoms with Crippen LogP contribution < -0.4 is 0 Å². The summed E-state index contributed by atoms with van der Waals surface area (Å²) < 4.78 is 0. The van der Waals surface area contributed by atoms with E-state index >= 15 is 0 Å². The van der Waals surface area contributed by atoms with Crippen LogP contribution in [0.25, 0.3) is 0 Å². The average Bonchev–Trinajstić information content (AvgIpc) is 1.76. The van der Waals surface area contributed by atoms with Gasteiger partial charge >= 0.3 is 0 Å². The average molecular weight is 522 g/mol. The van der Waals surface area contributed by atoms with Gasteiger partial charge < -0.3 is 70.0 Å². The van der Waals surface area contributed by atoms with Gasteiger partial charge in [-0.2, -0.15) is 0 Å². The maximum absolute atomic E-state index is 9.00. The maximum atomic E-state index is 9.00. The number of hydrogen-bond acceptors (Lipinski definition) is 7. The van der Waals surface area contributed by atoms with Crippen LogP contribution in [0.4, 0.5) is 0 Å². The zero-order chi connectivity index (χ0) is 14.3. The number of aliphatic carboxylic acids is 1. The predicted octanol–water partition coefficient (Wildman–Crippen LogP) is -8.38. The second-order valence-corrected chi connectivity index (χ2v) is 1.23. The minimum atomic E-state index is -1.50. The summed E-state index contributed by atoms with van der Waals surface area (Å²) in [5, 5.41) is 48.3. The number of carboxylic acid groups (broad SMARTS) is 1. The summed E-state index contributed by atoms with van der Waals surface area (Å²) in [6.07, 6.45) is 0. The van der Waals surface area contributed by atoms with Gasteiger partial charge in [-0.15, -0.1) is 30.3 Å². The molecule has 23 nitrogen and oxygen atoms in total. The van der Waals surface area contributed by atoms with Gasteiger partial charge in [0.25, 0.3) is 21.2 Å². The Labute approximate surface area is 168 Å². The fraction of sp³-hybridized carbons (Fsp3) is 0.500. The molecular weight excluding hydrogens is 497 g/mol. The van der Waals surface area contributed by atoms with Crippen LogP contribution in [0.1, 0.15) is 6.92 Å². The molecule has 0 aromatic rings. The van der Waals surface area contributed by atoms with Crippen molar-refractivity contribution in [2.45, 2.75) is 6.92 Å². The van der Waals surface area contributed by atoms with Gasteiger partial charge in [0.2, 0.25) is 0 Å². The molecule has 0 spiro atoms. The quantitative estimate of drug-likeness (QED) is 0.131. The van der Waals surface area contributed by atoms with Gasteiger partial charge in [-0.05, 0) is 0 Å². The van der Waals surface area contributed by atoms with Crippen molar-refractivity contribution >= 4 is 5.97 Å². The summed E-state index contributed by atoms with van der Waals surface area (Å²) >= 11 is 0. The Morgan fingerprint density at radius 3 is 0.630 bits per heavy atom. The summed E-state index contributed by atoms with van der Waals surface area (Å²) in [6, 6.07) is 0. The van der Waals surface area contributed by atoms with E-state index in [1.165, 1.54) is 0 Å². The van der Waals surface area contributed by atoms with E-state index in [9.17, 15) is 0 Å². The van der Waals surface area contributed by atoms with Gasteiger partial charge in [0.15, 0.2) is 0 Å². The first-order valence-electron chi connectivity index (χ1n) is 2.62. The zero-order valence-electron chi connectivity index (χ0n) is 12.7. The smallest absolute Gasteiger partial charge is 0.300 e. The first-order valence-corrected chi connectivity index (χ1v) is 2.62. The molecule has 0 atom stereocenters. The topological polar surface area (TPSA) is 511 Å². The van der Waals surface area contributed by atoms with Crippen molar-refractivity contribution in [3.05, 3.63) is 30.3 Å². The minimum absolute atomic E-state index is 0. The molecular formula is C2H25FeMnN3O20. The van der Waals surface area contributed by atoms with Crippen LogP contribution in [0, 0.1) is 30.3 Å². The van der Waals surface area contributed by atoms with Gasteiger partial charge in [0, 0.05) is 41.1 Å². The summed E-state index contributed by atoms with van der Waals surface area (Å²) in [5.41, 5.74) is 0. The molecule has 183 valence electrons. The van der Waals surface area contributed by atoms with Crippen molar-refractivity contribution in [1.82, 2.24) is 0 Å². The maximum Gasteiger partial charge on any atom is 0.300 e. The molecule has 0 amide bonds. The van der Waals surface area contributed by atoms with Crippen molar-refractivity contribution in [3.8, 4) is 0 Å². The molecule has 25 heteroatoms. The first kappa shape index (κ1) is 147. The second kappa shape index (κ2) is 129. The van der Waals surface area contributed by atoms with Crippen LogP contribution in [0.2, 0.25) is 0 Å². The van der Waals surface area contributed by atoms with Crippen molar-refractivity contribution in [1.29, 1.82) is 0 Å². The van der Waals surface area contributed by atoms with E-state index in [0.29, 0.717) is 0 Å². The Kier molecular flexibility index (Phi) is 703. The molecule has 0 rings (SSSR count). The molecule has 0 aliphatic carbocycles. The Balaban J connectivity index is -0.00000000482. The molecule has 0 heterocycles. The Morgan fingerprint density at radius 2 is 0.630 bits per heavy atom. The first-order chi connectivity index (χ1) is 6.93. The Morgan fingerprint density at radius 1 is 0.630 bits per heavy atom. The molecule has 0 aliphatic heterocycles. The van der Waals surface area contributed by atoms with Crippen LogP contribution in [0.15, 0.2) is 0 Å². The monoisotopic (exact) mass is 522 g/mol. The van der Waals surface area contributed by atoms with E-state index in [-0.39, 0.29) is 83.4 Å². The number of carbonyl (C=O) groups is 1. The third-order valence-electron chi connectivity index (χ3n) is 0. The van der Waals surface area contributed by atoms with E-state index < -0.39 is 21.2 Å². The number of carboxylic acids is 1. The second-order valence-electron chi connectivity index (χ2n) is 1.23. The molecule has 0 unspecified atom stereocenters. The fourth-order valence-corrected chi connectivity index (χ4v) is 0. The predicted molar refractivity (Wildman–Crippen MR) is 72.2 cm³/mol. The molecule has 0 aromatic carbocycles. The minimum Gasteiger partial charge on any atom is -0.481 e. The summed E-state index contributed by atoms with van der Waals surface area (Å²) in [5.74, 6) is -0.833. The molecule has 0 bridgehead atoms. The van der Waals surface area contributed by atoms with Crippen LogP contribution >= 0.6 is 0 Å². The number of rotatable bonds is 0. The third kappa shape index (κ3) is 2220. The van der Waals surface area contributed by atoms with E-state index in [1.807, 2.05) is 0 Å². The van der Waals surface area contributed by atoms with E-state index in [0.717, 1.165) is 6.92 Å². The van der Waals surface area contributed by atoms with Crippen LogP contribution in [-0.2, 0) is 38.9 Å². The van der Waals surface area contributed by atoms with Gasteiger partial charge in [0.05, 0.1) is 0 Å². The third-order valence-corrected chi connectivity index (χ3v) is 0. The summed E-state index contributed by atoms with van der Waals surface area (Å²) in [4.78, 5) is 34.1. The van der Waals surface area contributed by atoms with Crippen molar-refractivity contribution in [2.24, 2.45) is 0 Å². The molecule has 27 heavy (non-hydrogen) atoms. The molecule has 0 aromatic heterocycles. The Bertz CT molecular complexity index is 175. The standard InChI is InChI=1S/C2H4O2.Fe.Mn.3HNO3.9H2O/c1-2(3)4;;;3*2-1(3)4;;;;;;;;;/h1H3,(H,3,4);;;3*(H,2,3,4);9*1H2. The Hall–Kier alpha value is -2.25. The van der Waals surface area contributed by atoms with E-state index in [4.69, 9.17) is 55.9 Å². The van der Waals surface area contributed by atoms with Gasteiger partial charge in [-0.3, -0.25) is 4.79 Å². The summed E-state index contributed by atoms with van der Waals surface area (Å²) in [6.45, 7) is 1.08. The van der Waals surface area contributed by atoms with Gasteiger partial charge in [-0.25, -0.2) is 0 Å². The zero-order valence-corrected chi connectivity index (χ0v) is 15.0. The fourth-order valence-electron chi connectivity index (χ4n) is 0. The summed E-state index contributed by atoms with van der Waals surface area (Å²) in [7, 11) is 0. The van der Waals surface area contributed by atoms with Gasteiger partial charge in [-0.1, -0.05) is 0 Å². The van der Waals surface area contributed by atoms with Crippen LogP contribution in [-0.4, -0.2) is 91.2 Å². The number of nitrogens with zero attached hydrogens (tertiary/aromatic N) is 3. The van der Waals surface area contributed by atoms with Crippen LogP contribution in [0.3, 0.4) is 0 Å². The normalized spacial score (nSPS) is 3.59. The van der Waals surface area contributed by atoms with E-state index in [1.54, 1.807) is 0 Å². The molecule has 0 saturated heterocycles. The molecule has 1 radical (unpaired) electrons. The largest absolute Gasteiger partial charge is 0.481 e. The molecule has 22 N–H and O–H groups in total. The van der Waals surface area contributed by atoms with E-state index in [2.05, 4.69) is 0 Å². The SMILES string of the molecule is CC(=O)O.O.O.O.O.O.O.O.O.O.O=[N+]([O-])O.O=[N+]([O-])O.O=[N+]([O-])O.[Fe].[Mn]. The van der Waals surface area contributed by atoms with Crippen molar-refractivity contribution in [3.63, 3.8) is 0 Å². The molecule has 0 saturated carbocycles. The molecule has 0 fully saturated rings. The molecule has 0 aliphatic rings.